The first-order valence-electron chi connectivity index (χ1n) is 24.0. The van der Waals surface area contributed by atoms with Crippen molar-refractivity contribution in [3.8, 4) is 0 Å². The number of allylic oxidation sites excluding steroid dienone is 22. The third kappa shape index (κ3) is 33.2. The van der Waals surface area contributed by atoms with Crippen molar-refractivity contribution >= 4 is 19.8 Å². The fourth-order valence-electron chi connectivity index (χ4n) is 6.22. The summed E-state index contributed by atoms with van der Waals surface area (Å²) in [4.78, 5) is 35.7. The number of hydrogen-bond donors (Lipinski definition) is 6. The fraction of sp³-hybridized carbons (Fsp3) is 0.547. The second kappa shape index (κ2) is 41.0. The Balaban J connectivity index is 2.54. The standard InChI is InChI=1S/C53H81O13P/c1-3-5-7-9-11-13-15-17-19-21-23-25-27-29-31-33-35-37-39-41-46(54)63-43-45(44-64-67(61,62)66-53-51(59)49(57)48(56)50(58)52(53)60)65-47(55)42-40-38-36-34-32-30-28-26-24-22-20-18-16-14-12-10-8-6-4-2/h5-8,11-14,17-20,23-26,29-32,36,38,45,48-53,56-60H,3-4,9-10,15-16,21-22,27-28,33-35,37,39-44H2,1-2H3,(H,61,62)/b7-5-,8-6-,13-11-,14-12-,19-17-,20-18-,25-23-,26-24-,31-29-,32-30-,38-36-. The van der Waals surface area contributed by atoms with Crippen LogP contribution in [-0.4, -0.2) is 98.3 Å². The Labute approximate surface area is 400 Å². The van der Waals surface area contributed by atoms with Gasteiger partial charge in [0.2, 0.25) is 0 Å². The molecule has 0 bridgehead atoms. The third-order valence-electron chi connectivity index (χ3n) is 10.0. The van der Waals surface area contributed by atoms with Crippen molar-refractivity contribution in [1.29, 1.82) is 0 Å². The number of carbonyl (C=O) groups excluding carboxylic acids is 2. The SMILES string of the molecule is CC/C=C\C/C=C\C/C=C\C/C=C\C/C=C\C/C=C\CCC(=O)OC(COC(=O)CCCCC/C=C\C/C=C\C/C=C\C/C=C\C/C=C\CC)COP(=O)(O)OC1C(O)C(O)C(O)C(O)C1O. The second-order valence-corrected chi connectivity index (χ2v) is 17.2. The van der Waals surface area contributed by atoms with Crippen LogP contribution in [0.25, 0.3) is 0 Å². The maximum Gasteiger partial charge on any atom is 0.472 e. The molecule has 376 valence electrons. The summed E-state index contributed by atoms with van der Waals surface area (Å²) in [5, 5.41) is 50.2. The first kappa shape index (κ1) is 61.0. The largest absolute Gasteiger partial charge is 0.472 e. The molecule has 6 atom stereocenters. The van der Waals surface area contributed by atoms with Crippen molar-refractivity contribution < 1.29 is 63.1 Å². The van der Waals surface area contributed by atoms with Gasteiger partial charge in [0, 0.05) is 12.8 Å². The van der Waals surface area contributed by atoms with Gasteiger partial charge in [-0.15, -0.1) is 0 Å². The summed E-state index contributed by atoms with van der Waals surface area (Å²) >= 11 is 0. The van der Waals surface area contributed by atoms with Gasteiger partial charge in [-0.05, 0) is 96.3 Å². The van der Waals surface area contributed by atoms with E-state index in [1.807, 2.05) is 18.2 Å². The van der Waals surface area contributed by atoms with Gasteiger partial charge < -0.3 is 39.9 Å². The van der Waals surface area contributed by atoms with E-state index in [1.54, 1.807) is 0 Å². The molecule has 1 saturated carbocycles. The van der Waals surface area contributed by atoms with Gasteiger partial charge in [0.25, 0.3) is 0 Å². The predicted molar refractivity (Wildman–Crippen MR) is 267 cm³/mol. The molecule has 14 heteroatoms. The van der Waals surface area contributed by atoms with Crippen LogP contribution in [0, 0.1) is 0 Å². The number of phosphoric acid groups is 1. The highest BCUT2D eigenvalue weighted by Crippen LogP contribution is 2.47. The van der Waals surface area contributed by atoms with Crippen LogP contribution in [0.4, 0.5) is 0 Å². The number of phosphoric ester groups is 1. The van der Waals surface area contributed by atoms with Crippen LogP contribution in [0.1, 0.15) is 129 Å². The van der Waals surface area contributed by atoms with Crippen molar-refractivity contribution in [2.45, 2.75) is 172 Å². The molecule has 13 nitrogen and oxygen atoms in total. The van der Waals surface area contributed by atoms with E-state index in [1.165, 1.54) is 0 Å². The molecule has 1 aliphatic rings. The molecule has 0 radical (unpaired) electrons. The molecule has 1 rings (SSSR count). The highest BCUT2D eigenvalue weighted by Gasteiger charge is 2.51. The molecule has 6 N–H and O–H groups in total. The van der Waals surface area contributed by atoms with E-state index >= 15 is 0 Å². The van der Waals surface area contributed by atoms with Gasteiger partial charge >= 0.3 is 19.8 Å². The van der Waals surface area contributed by atoms with E-state index < -0.39 is 75.7 Å². The zero-order chi connectivity index (χ0) is 49.2. The first-order chi connectivity index (χ1) is 32.4. The quantitative estimate of drug-likeness (QED) is 0.0148. The molecule has 0 aliphatic heterocycles. The molecule has 0 aromatic rings. The number of aliphatic hydroxyl groups is 5. The van der Waals surface area contributed by atoms with Gasteiger partial charge in [0.05, 0.1) is 6.61 Å². The molecular formula is C53H81O13P. The first-order valence-corrected chi connectivity index (χ1v) is 25.5. The van der Waals surface area contributed by atoms with Crippen LogP contribution in [0.2, 0.25) is 0 Å². The van der Waals surface area contributed by atoms with Crippen molar-refractivity contribution in [1.82, 2.24) is 0 Å². The lowest BCUT2D eigenvalue weighted by Crippen LogP contribution is -2.64. The summed E-state index contributed by atoms with van der Waals surface area (Å²) in [6, 6.07) is 0. The lowest BCUT2D eigenvalue weighted by Gasteiger charge is -2.41. The van der Waals surface area contributed by atoms with Crippen LogP contribution in [0.3, 0.4) is 0 Å². The van der Waals surface area contributed by atoms with Gasteiger partial charge in [-0.25, -0.2) is 4.57 Å². The predicted octanol–water partition coefficient (Wildman–Crippen LogP) is 9.94. The molecule has 67 heavy (non-hydrogen) atoms. The summed E-state index contributed by atoms with van der Waals surface area (Å²) in [6.45, 7) is 2.96. The fourth-order valence-corrected chi connectivity index (χ4v) is 7.19. The van der Waals surface area contributed by atoms with Crippen molar-refractivity contribution in [2.24, 2.45) is 0 Å². The van der Waals surface area contributed by atoms with Crippen LogP contribution in [0.5, 0.6) is 0 Å². The number of ether oxygens (including phenoxy) is 2. The molecule has 0 amide bonds. The Morgan fingerprint density at radius 2 is 0.836 bits per heavy atom. The molecule has 0 heterocycles. The summed E-state index contributed by atoms with van der Waals surface area (Å²) in [5.41, 5.74) is 0. The normalized spacial score (nSPS) is 22.3. The summed E-state index contributed by atoms with van der Waals surface area (Å²) in [5.74, 6) is -1.25. The van der Waals surface area contributed by atoms with Crippen LogP contribution >= 0.6 is 7.82 Å². The molecular weight excluding hydrogens is 876 g/mol. The zero-order valence-corrected chi connectivity index (χ0v) is 40.8. The summed E-state index contributed by atoms with van der Waals surface area (Å²) in [7, 11) is -5.16. The van der Waals surface area contributed by atoms with Gasteiger partial charge in [0.1, 0.15) is 43.2 Å². The summed E-state index contributed by atoms with van der Waals surface area (Å²) < 4.78 is 33.4. The Bertz CT molecular complexity index is 1670. The zero-order valence-electron chi connectivity index (χ0n) is 39.9. The van der Waals surface area contributed by atoms with Gasteiger partial charge in [-0.3, -0.25) is 18.6 Å². The third-order valence-corrected chi connectivity index (χ3v) is 11.0. The van der Waals surface area contributed by atoms with Gasteiger partial charge in [-0.1, -0.05) is 154 Å². The Morgan fingerprint density at radius 1 is 0.463 bits per heavy atom. The molecule has 0 aromatic carbocycles. The molecule has 0 spiro atoms. The van der Waals surface area contributed by atoms with Crippen molar-refractivity contribution in [2.75, 3.05) is 13.2 Å². The number of rotatable bonds is 37. The minimum absolute atomic E-state index is 0.0453. The summed E-state index contributed by atoms with van der Waals surface area (Å²) in [6.07, 6.45) is 46.5. The van der Waals surface area contributed by atoms with E-state index in [-0.39, 0.29) is 12.8 Å². The number of hydrogen-bond acceptors (Lipinski definition) is 12. The second-order valence-electron chi connectivity index (χ2n) is 15.8. The average Bonchev–Trinajstić information content (AvgIpc) is 3.31. The number of carbonyl (C=O) groups is 2. The smallest absolute Gasteiger partial charge is 0.462 e. The Kier molecular flexibility index (Phi) is 37.3. The minimum atomic E-state index is -5.16. The Morgan fingerprint density at radius 3 is 1.25 bits per heavy atom. The highest BCUT2D eigenvalue weighted by atomic mass is 31.2. The number of esters is 2. The molecule has 1 fully saturated rings. The molecule has 6 unspecified atom stereocenters. The van der Waals surface area contributed by atoms with Crippen LogP contribution in [-0.2, 0) is 32.7 Å². The lowest BCUT2D eigenvalue weighted by molar-refractivity contribution is -0.220. The Hall–Kier alpha value is -4.01. The average molecular weight is 957 g/mol. The van der Waals surface area contributed by atoms with Gasteiger partial charge in [0.15, 0.2) is 6.10 Å². The number of aliphatic hydroxyl groups excluding tert-OH is 5. The maximum absolute atomic E-state index is 12.8. The van der Waals surface area contributed by atoms with Crippen LogP contribution in [0.15, 0.2) is 134 Å². The lowest BCUT2D eigenvalue weighted by atomic mass is 9.85. The van der Waals surface area contributed by atoms with E-state index in [0.29, 0.717) is 19.3 Å². The van der Waals surface area contributed by atoms with Crippen molar-refractivity contribution in [3.05, 3.63) is 134 Å². The van der Waals surface area contributed by atoms with Crippen LogP contribution < -0.4 is 0 Å². The topological polar surface area (TPSA) is 210 Å². The van der Waals surface area contributed by atoms with E-state index in [9.17, 15) is 44.6 Å². The number of unbranched alkanes of at least 4 members (excludes halogenated alkanes) is 3. The molecule has 1 aliphatic carbocycles. The van der Waals surface area contributed by atoms with E-state index in [0.717, 1.165) is 83.5 Å². The van der Waals surface area contributed by atoms with Crippen molar-refractivity contribution in [3.63, 3.8) is 0 Å². The minimum Gasteiger partial charge on any atom is -0.462 e. The van der Waals surface area contributed by atoms with Gasteiger partial charge in [-0.2, -0.15) is 0 Å². The van der Waals surface area contributed by atoms with E-state index in [2.05, 4.69) is 129 Å². The van der Waals surface area contributed by atoms with E-state index in [4.69, 9.17) is 18.5 Å². The molecule has 0 aromatic heterocycles. The highest BCUT2D eigenvalue weighted by molar-refractivity contribution is 7.47. The molecule has 0 saturated heterocycles. The monoisotopic (exact) mass is 957 g/mol. The maximum atomic E-state index is 12.8.